The van der Waals surface area contributed by atoms with Gasteiger partial charge in [0.25, 0.3) is 0 Å². The van der Waals surface area contributed by atoms with Crippen molar-refractivity contribution in [2.45, 2.75) is 33.1 Å². The molecule has 0 aliphatic carbocycles. The van der Waals surface area contributed by atoms with Crippen LogP contribution in [0.1, 0.15) is 37.8 Å². The monoisotopic (exact) mass is 368 g/mol. The number of nitrogens with one attached hydrogen (secondary N) is 2. The molecule has 0 aliphatic rings. The number of ether oxygens (including phenoxy) is 1. The maximum atomic E-state index is 12.3. The lowest BCUT2D eigenvalue weighted by molar-refractivity contribution is -0.125. The predicted molar refractivity (Wildman–Crippen MR) is 108 cm³/mol. The molecule has 0 fully saturated rings. The van der Waals surface area contributed by atoms with Crippen LogP contribution in [-0.2, 0) is 16.0 Å². The van der Waals surface area contributed by atoms with Crippen molar-refractivity contribution < 1.29 is 14.3 Å². The summed E-state index contributed by atoms with van der Waals surface area (Å²) in [7, 11) is 1.59. The first-order valence-electron chi connectivity index (χ1n) is 9.19. The summed E-state index contributed by atoms with van der Waals surface area (Å²) in [6.45, 7) is 6.14. The van der Waals surface area contributed by atoms with E-state index in [1.807, 2.05) is 19.1 Å². The number of carbonyl (C=O) groups is 2. The van der Waals surface area contributed by atoms with Gasteiger partial charge in [0, 0.05) is 5.69 Å². The Labute approximate surface area is 161 Å². The van der Waals surface area contributed by atoms with Gasteiger partial charge in [-0.05, 0) is 54.7 Å². The Morgan fingerprint density at radius 2 is 1.59 bits per heavy atom. The van der Waals surface area contributed by atoms with E-state index >= 15 is 0 Å². The zero-order chi connectivity index (χ0) is 19.8. The van der Waals surface area contributed by atoms with Crippen molar-refractivity contribution in [2.75, 3.05) is 19.0 Å². The first-order chi connectivity index (χ1) is 12.9. The summed E-state index contributed by atoms with van der Waals surface area (Å²) >= 11 is 0. The summed E-state index contributed by atoms with van der Waals surface area (Å²) in [5.74, 6) is 0.562. The average molecular weight is 368 g/mol. The molecule has 5 heteroatoms. The maximum absolute atomic E-state index is 12.3. The van der Waals surface area contributed by atoms with Gasteiger partial charge in [-0.15, -0.1) is 0 Å². The average Bonchev–Trinajstić information content (AvgIpc) is 2.66. The van der Waals surface area contributed by atoms with Gasteiger partial charge in [-0.3, -0.25) is 9.59 Å². The van der Waals surface area contributed by atoms with E-state index in [1.54, 1.807) is 31.4 Å². The molecule has 27 heavy (non-hydrogen) atoms. The molecule has 0 aliphatic heterocycles. The third-order valence-corrected chi connectivity index (χ3v) is 4.31. The minimum absolute atomic E-state index is 0.0688. The molecule has 2 amide bonds. The molecule has 0 radical (unpaired) electrons. The van der Waals surface area contributed by atoms with Crippen molar-refractivity contribution in [3.05, 3.63) is 59.7 Å². The maximum Gasteiger partial charge on any atom is 0.243 e. The number of benzene rings is 2. The van der Waals surface area contributed by atoms with Crippen LogP contribution < -0.4 is 15.4 Å². The molecule has 0 aromatic heterocycles. The molecule has 2 aromatic rings. The van der Waals surface area contributed by atoms with E-state index in [1.165, 1.54) is 5.56 Å². The normalized spacial score (nSPS) is 11.7. The number of hydrogen-bond acceptors (Lipinski definition) is 3. The van der Waals surface area contributed by atoms with Crippen LogP contribution in [-0.4, -0.2) is 25.5 Å². The van der Waals surface area contributed by atoms with E-state index in [9.17, 15) is 9.59 Å². The molecular weight excluding hydrogens is 340 g/mol. The molecule has 0 saturated carbocycles. The summed E-state index contributed by atoms with van der Waals surface area (Å²) in [5.41, 5.74) is 2.86. The highest BCUT2D eigenvalue weighted by atomic mass is 16.5. The molecule has 1 atom stereocenters. The van der Waals surface area contributed by atoms with Crippen LogP contribution in [0.4, 0.5) is 5.69 Å². The number of methoxy groups -OCH3 is 1. The fourth-order valence-corrected chi connectivity index (χ4v) is 2.77. The number of amides is 2. The molecule has 0 saturated heterocycles. The van der Waals surface area contributed by atoms with Gasteiger partial charge in [-0.1, -0.05) is 38.1 Å². The fraction of sp³-hybridized carbons (Fsp3) is 0.364. The third-order valence-electron chi connectivity index (χ3n) is 4.31. The minimum Gasteiger partial charge on any atom is -0.497 e. The molecule has 144 valence electrons. The standard InChI is InChI=1S/C22H28N2O3/c1-15(2)13-17-5-7-18(8-6-17)16(3)22(26)23-14-21(25)24-19-9-11-20(27-4)12-10-19/h5-12,15-16H,13-14H2,1-4H3,(H,23,26)(H,24,25). The van der Waals surface area contributed by atoms with Crippen molar-refractivity contribution in [1.29, 1.82) is 0 Å². The van der Waals surface area contributed by atoms with E-state index < -0.39 is 0 Å². The summed E-state index contributed by atoms with van der Waals surface area (Å²) in [6.07, 6.45) is 1.02. The van der Waals surface area contributed by atoms with Crippen LogP contribution in [0.5, 0.6) is 5.75 Å². The fourth-order valence-electron chi connectivity index (χ4n) is 2.77. The van der Waals surface area contributed by atoms with Gasteiger partial charge in [0.1, 0.15) is 5.75 Å². The van der Waals surface area contributed by atoms with E-state index in [4.69, 9.17) is 4.74 Å². The molecular formula is C22H28N2O3. The summed E-state index contributed by atoms with van der Waals surface area (Å²) in [5, 5.41) is 5.44. The third kappa shape index (κ3) is 6.44. The Bertz CT molecular complexity index is 752. The van der Waals surface area contributed by atoms with Crippen molar-refractivity contribution in [1.82, 2.24) is 5.32 Å². The Hall–Kier alpha value is -2.82. The molecule has 2 N–H and O–H groups in total. The molecule has 0 spiro atoms. The van der Waals surface area contributed by atoms with Crippen LogP contribution in [0.2, 0.25) is 0 Å². The van der Waals surface area contributed by atoms with E-state index in [0.717, 1.165) is 17.7 Å². The Morgan fingerprint density at radius 1 is 0.963 bits per heavy atom. The highest BCUT2D eigenvalue weighted by molar-refractivity contribution is 5.95. The lowest BCUT2D eigenvalue weighted by atomic mass is 9.96. The van der Waals surface area contributed by atoms with Crippen molar-refractivity contribution >= 4 is 17.5 Å². The van der Waals surface area contributed by atoms with Crippen LogP contribution in [0.25, 0.3) is 0 Å². The summed E-state index contributed by atoms with van der Waals surface area (Å²) in [4.78, 5) is 24.4. The smallest absolute Gasteiger partial charge is 0.243 e. The van der Waals surface area contributed by atoms with Crippen LogP contribution in [0, 0.1) is 5.92 Å². The van der Waals surface area contributed by atoms with Crippen molar-refractivity contribution in [3.63, 3.8) is 0 Å². The van der Waals surface area contributed by atoms with Gasteiger partial charge >= 0.3 is 0 Å². The van der Waals surface area contributed by atoms with E-state index in [2.05, 4.69) is 36.6 Å². The number of hydrogen-bond donors (Lipinski definition) is 2. The van der Waals surface area contributed by atoms with Crippen molar-refractivity contribution in [3.8, 4) is 5.75 Å². The van der Waals surface area contributed by atoms with Crippen LogP contribution >= 0.6 is 0 Å². The lowest BCUT2D eigenvalue weighted by Gasteiger charge is -2.14. The molecule has 2 rings (SSSR count). The topological polar surface area (TPSA) is 67.4 Å². The minimum atomic E-state index is -0.313. The summed E-state index contributed by atoms with van der Waals surface area (Å²) in [6, 6.07) is 15.1. The second-order valence-electron chi connectivity index (χ2n) is 7.06. The van der Waals surface area contributed by atoms with Gasteiger partial charge in [0.2, 0.25) is 11.8 Å². The lowest BCUT2D eigenvalue weighted by Crippen LogP contribution is -2.35. The van der Waals surface area contributed by atoms with Gasteiger partial charge < -0.3 is 15.4 Å². The molecule has 0 heterocycles. The highest BCUT2D eigenvalue weighted by Gasteiger charge is 2.16. The van der Waals surface area contributed by atoms with Crippen LogP contribution in [0.3, 0.4) is 0 Å². The number of carbonyl (C=O) groups excluding carboxylic acids is 2. The Balaban J connectivity index is 1.83. The Kier molecular flexibility index (Phi) is 7.41. The van der Waals surface area contributed by atoms with E-state index in [0.29, 0.717) is 11.6 Å². The second-order valence-corrected chi connectivity index (χ2v) is 7.06. The molecule has 1 unspecified atom stereocenters. The quantitative estimate of drug-likeness (QED) is 0.746. The highest BCUT2D eigenvalue weighted by Crippen LogP contribution is 2.18. The Morgan fingerprint density at radius 3 is 2.15 bits per heavy atom. The zero-order valence-electron chi connectivity index (χ0n) is 16.4. The van der Waals surface area contributed by atoms with E-state index in [-0.39, 0.29) is 24.3 Å². The van der Waals surface area contributed by atoms with Gasteiger partial charge in [0.05, 0.1) is 19.6 Å². The second kappa shape index (κ2) is 9.76. The van der Waals surface area contributed by atoms with Gasteiger partial charge in [-0.2, -0.15) is 0 Å². The largest absolute Gasteiger partial charge is 0.497 e. The molecule has 0 bridgehead atoms. The van der Waals surface area contributed by atoms with Gasteiger partial charge in [0.15, 0.2) is 0 Å². The van der Waals surface area contributed by atoms with Gasteiger partial charge in [-0.25, -0.2) is 0 Å². The first-order valence-corrected chi connectivity index (χ1v) is 9.19. The SMILES string of the molecule is COc1ccc(NC(=O)CNC(=O)C(C)c2ccc(CC(C)C)cc2)cc1. The first kappa shape index (κ1) is 20.5. The molecule has 2 aromatic carbocycles. The summed E-state index contributed by atoms with van der Waals surface area (Å²) < 4.78 is 5.08. The van der Waals surface area contributed by atoms with Crippen LogP contribution in [0.15, 0.2) is 48.5 Å². The molecule has 5 nitrogen and oxygen atoms in total. The number of rotatable bonds is 8. The predicted octanol–water partition coefficient (Wildman–Crippen LogP) is 3.75. The van der Waals surface area contributed by atoms with Crippen molar-refractivity contribution in [2.24, 2.45) is 5.92 Å². The number of anilines is 1. The zero-order valence-corrected chi connectivity index (χ0v) is 16.4.